The van der Waals surface area contributed by atoms with Crippen LogP contribution in [0.25, 0.3) is 0 Å². The number of halogens is 2. The van der Waals surface area contributed by atoms with Gasteiger partial charge in [0.15, 0.2) is 6.04 Å². The monoisotopic (exact) mass is 348 g/mol. The van der Waals surface area contributed by atoms with Gasteiger partial charge in [0.25, 0.3) is 0 Å². The number of hydrogen-bond donors (Lipinski definition) is 1. The van der Waals surface area contributed by atoms with E-state index in [4.69, 9.17) is 0 Å². The lowest BCUT2D eigenvalue weighted by atomic mass is 10.2. The van der Waals surface area contributed by atoms with Gasteiger partial charge in [-0.1, -0.05) is 6.92 Å². The highest BCUT2D eigenvalue weighted by molar-refractivity contribution is 7.89. The SMILES string of the molecule is CCCS(=O)(=O)N1C[C@@H](C(=O)O)N(c2ccc(F)cc2F)C1=O. The molecule has 0 spiro atoms. The number of anilines is 1. The minimum Gasteiger partial charge on any atom is -0.480 e. The van der Waals surface area contributed by atoms with Gasteiger partial charge in [0.05, 0.1) is 18.0 Å². The number of aliphatic carboxylic acids is 1. The second-order valence-corrected chi connectivity index (χ2v) is 6.96. The average Bonchev–Trinajstić information content (AvgIpc) is 2.77. The number of rotatable bonds is 5. The zero-order valence-electron chi connectivity index (χ0n) is 12.1. The molecule has 1 N–H and O–H groups in total. The summed E-state index contributed by atoms with van der Waals surface area (Å²) in [4.78, 5) is 24.2. The van der Waals surface area contributed by atoms with Gasteiger partial charge in [0, 0.05) is 6.07 Å². The van der Waals surface area contributed by atoms with Crippen molar-refractivity contribution in [2.24, 2.45) is 0 Å². The van der Waals surface area contributed by atoms with Gasteiger partial charge >= 0.3 is 12.0 Å². The van der Waals surface area contributed by atoms with Crippen molar-refractivity contribution < 1.29 is 31.9 Å². The maximum Gasteiger partial charge on any atom is 0.339 e. The molecule has 0 bridgehead atoms. The highest BCUT2D eigenvalue weighted by Gasteiger charge is 2.47. The van der Waals surface area contributed by atoms with Gasteiger partial charge in [0.1, 0.15) is 11.6 Å². The average molecular weight is 348 g/mol. The third-order valence-electron chi connectivity index (χ3n) is 3.32. The lowest BCUT2D eigenvalue weighted by Gasteiger charge is -2.21. The molecule has 0 saturated carbocycles. The number of carbonyl (C=O) groups is 2. The van der Waals surface area contributed by atoms with Gasteiger partial charge in [-0.25, -0.2) is 31.1 Å². The van der Waals surface area contributed by atoms with E-state index in [9.17, 15) is 31.9 Å². The summed E-state index contributed by atoms with van der Waals surface area (Å²) in [6.07, 6.45) is 0.231. The zero-order valence-corrected chi connectivity index (χ0v) is 12.9. The van der Waals surface area contributed by atoms with Crippen LogP contribution in [0.4, 0.5) is 19.3 Å². The van der Waals surface area contributed by atoms with E-state index in [2.05, 4.69) is 0 Å². The maximum atomic E-state index is 13.9. The number of amides is 2. The summed E-state index contributed by atoms with van der Waals surface area (Å²) in [7, 11) is -4.01. The van der Waals surface area contributed by atoms with Crippen LogP contribution in [0, 0.1) is 11.6 Å². The van der Waals surface area contributed by atoms with Crippen molar-refractivity contribution >= 4 is 27.7 Å². The normalized spacial score (nSPS) is 18.6. The molecule has 1 heterocycles. The predicted octanol–water partition coefficient (Wildman–Crippen LogP) is 1.40. The van der Waals surface area contributed by atoms with Crippen LogP contribution < -0.4 is 4.90 Å². The fraction of sp³-hybridized carbons (Fsp3) is 0.385. The predicted molar refractivity (Wildman–Crippen MR) is 76.4 cm³/mol. The minimum atomic E-state index is -4.01. The lowest BCUT2D eigenvalue weighted by Crippen LogP contribution is -2.40. The Bertz CT molecular complexity index is 753. The summed E-state index contributed by atoms with van der Waals surface area (Å²) >= 11 is 0. The van der Waals surface area contributed by atoms with Gasteiger partial charge in [-0.15, -0.1) is 0 Å². The van der Waals surface area contributed by atoms with E-state index in [1.165, 1.54) is 0 Å². The first-order chi connectivity index (χ1) is 10.7. The Morgan fingerprint density at radius 3 is 2.57 bits per heavy atom. The molecule has 0 unspecified atom stereocenters. The number of urea groups is 1. The molecule has 1 aliphatic rings. The smallest absolute Gasteiger partial charge is 0.339 e. The molecule has 1 fully saturated rings. The molecular weight excluding hydrogens is 334 g/mol. The van der Waals surface area contributed by atoms with Crippen molar-refractivity contribution in [1.29, 1.82) is 0 Å². The van der Waals surface area contributed by atoms with Gasteiger partial charge in [-0.05, 0) is 18.6 Å². The lowest BCUT2D eigenvalue weighted by molar-refractivity contribution is -0.138. The second kappa shape index (κ2) is 6.11. The Morgan fingerprint density at radius 1 is 1.39 bits per heavy atom. The topological polar surface area (TPSA) is 95.0 Å². The van der Waals surface area contributed by atoms with Crippen molar-refractivity contribution in [3.05, 3.63) is 29.8 Å². The molecule has 126 valence electrons. The van der Waals surface area contributed by atoms with Gasteiger partial charge in [0.2, 0.25) is 10.0 Å². The Balaban J connectivity index is 2.49. The van der Waals surface area contributed by atoms with Crippen LogP contribution in [-0.4, -0.2) is 48.2 Å². The summed E-state index contributed by atoms with van der Waals surface area (Å²) < 4.78 is 51.4. The Kier molecular flexibility index (Phi) is 4.55. The summed E-state index contributed by atoms with van der Waals surface area (Å²) in [5.74, 6) is -3.89. The fourth-order valence-electron chi connectivity index (χ4n) is 2.31. The van der Waals surface area contributed by atoms with E-state index in [0.29, 0.717) is 15.3 Å². The Hall–Kier alpha value is -2.23. The molecular formula is C13H14F2N2O5S. The van der Waals surface area contributed by atoms with Crippen LogP contribution in [0.3, 0.4) is 0 Å². The van der Waals surface area contributed by atoms with E-state index in [-0.39, 0.29) is 12.2 Å². The number of carbonyl (C=O) groups excluding carboxylic acids is 1. The molecule has 7 nitrogen and oxygen atoms in total. The van der Waals surface area contributed by atoms with Crippen LogP contribution in [0.5, 0.6) is 0 Å². The Labute approximate surface area is 131 Å². The van der Waals surface area contributed by atoms with Gasteiger partial charge in [-0.2, -0.15) is 0 Å². The number of sulfonamides is 1. The van der Waals surface area contributed by atoms with Crippen molar-refractivity contribution in [2.75, 3.05) is 17.2 Å². The summed E-state index contributed by atoms with van der Waals surface area (Å²) in [5.41, 5.74) is -0.488. The molecule has 10 heteroatoms. The number of carboxylic acids is 1. The molecule has 1 aromatic carbocycles. The van der Waals surface area contributed by atoms with E-state index in [1.54, 1.807) is 6.92 Å². The van der Waals surface area contributed by atoms with Crippen LogP contribution in [0.2, 0.25) is 0 Å². The van der Waals surface area contributed by atoms with Crippen molar-refractivity contribution in [3.63, 3.8) is 0 Å². The quantitative estimate of drug-likeness (QED) is 0.868. The summed E-state index contributed by atoms with van der Waals surface area (Å²) in [6, 6.07) is -0.516. The molecule has 1 saturated heterocycles. The number of nitrogens with zero attached hydrogens (tertiary/aromatic N) is 2. The van der Waals surface area contributed by atoms with E-state index < -0.39 is 51.9 Å². The van der Waals surface area contributed by atoms with Crippen molar-refractivity contribution in [1.82, 2.24) is 4.31 Å². The first kappa shape index (κ1) is 17.1. The first-order valence-corrected chi connectivity index (χ1v) is 8.31. The molecule has 1 aromatic rings. The number of hydrogen-bond acceptors (Lipinski definition) is 4. The molecule has 23 heavy (non-hydrogen) atoms. The van der Waals surface area contributed by atoms with Crippen LogP contribution >= 0.6 is 0 Å². The standard InChI is InChI=1S/C13H14F2N2O5S/c1-2-5-23(21,22)16-7-11(12(18)19)17(13(16)20)10-4-3-8(14)6-9(10)15/h3-4,6,11H,2,5,7H2,1H3,(H,18,19)/t11-/m0/s1. The van der Waals surface area contributed by atoms with Crippen LogP contribution in [0.15, 0.2) is 18.2 Å². The Morgan fingerprint density at radius 2 is 2.04 bits per heavy atom. The zero-order chi connectivity index (χ0) is 17.4. The highest BCUT2D eigenvalue weighted by Crippen LogP contribution is 2.29. The van der Waals surface area contributed by atoms with E-state index in [1.807, 2.05) is 0 Å². The second-order valence-electron chi connectivity index (χ2n) is 4.95. The molecule has 1 aliphatic heterocycles. The van der Waals surface area contributed by atoms with Crippen LogP contribution in [0.1, 0.15) is 13.3 Å². The fourth-order valence-corrected chi connectivity index (χ4v) is 3.74. The van der Waals surface area contributed by atoms with E-state index in [0.717, 1.165) is 12.1 Å². The molecule has 2 amide bonds. The molecule has 0 aromatic heterocycles. The number of carboxylic acid groups (broad SMARTS) is 1. The molecule has 0 aliphatic carbocycles. The largest absolute Gasteiger partial charge is 0.480 e. The summed E-state index contributed by atoms with van der Waals surface area (Å²) in [5, 5.41) is 9.21. The third kappa shape index (κ3) is 3.11. The number of benzene rings is 1. The van der Waals surface area contributed by atoms with Crippen molar-refractivity contribution in [3.8, 4) is 0 Å². The molecule has 1 atom stereocenters. The maximum absolute atomic E-state index is 13.9. The van der Waals surface area contributed by atoms with Crippen LogP contribution in [-0.2, 0) is 14.8 Å². The first-order valence-electron chi connectivity index (χ1n) is 6.70. The van der Waals surface area contributed by atoms with Gasteiger partial charge < -0.3 is 5.11 Å². The third-order valence-corrected chi connectivity index (χ3v) is 5.22. The summed E-state index contributed by atoms with van der Waals surface area (Å²) in [6.45, 7) is 0.956. The highest BCUT2D eigenvalue weighted by atomic mass is 32.2. The molecule has 0 radical (unpaired) electrons. The van der Waals surface area contributed by atoms with Gasteiger partial charge in [-0.3, -0.25) is 4.90 Å². The minimum absolute atomic E-state index is 0.231. The van der Waals surface area contributed by atoms with Crippen molar-refractivity contribution in [2.45, 2.75) is 19.4 Å². The molecule has 2 rings (SSSR count). The van der Waals surface area contributed by atoms with E-state index >= 15 is 0 Å².